The Morgan fingerprint density at radius 3 is 2.23 bits per heavy atom. The number of aromatic nitrogens is 7. The van der Waals surface area contributed by atoms with Gasteiger partial charge in [0.15, 0.2) is 10.9 Å². The van der Waals surface area contributed by atoms with Crippen LogP contribution >= 0.6 is 22.7 Å². The Bertz CT molecular complexity index is 4620. The molecule has 2 unspecified atom stereocenters. The number of morpholine rings is 1. The average Bonchev–Trinajstić information content (AvgIpc) is 0.796. The van der Waals surface area contributed by atoms with Gasteiger partial charge in [-0.15, -0.1) is 21.5 Å². The van der Waals surface area contributed by atoms with Crippen molar-refractivity contribution >= 4 is 89.0 Å². The lowest BCUT2D eigenvalue weighted by Gasteiger charge is -2.69. The molecule has 8 atom stereocenters. The number of pyridine rings is 1. The lowest BCUT2D eigenvalue weighted by molar-refractivity contribution is -0.249. The van der Waals surface area contributed by atoms with E-state index in [0.717, 1.165) is 109 Å². The summed E-state index contributed by atoms with van der Waals surface area (Å²) in [7, 11) is -4.60. The Kier molecular flexibility index (Phi) is 18.9. The van der Waals surface area contributed by atoms with Crippen molar-refractivity contribution in [2.24, 2.45) is 27.6 Å². The summed E-state index contributed by atoms with van der Waals surface area (Å²) in [5.41, 5.74) is 6.65. The van der Waals surface area contributed by atoms with Gasteiger partial charge in [-0.25, -0.2) is 28.1 Å². The Labute approximate surface area is 601 Å². The minimum atomic E-state index is -4.60. The smallest absolute Gasteiger partial charge is 0.284 e. The van der Waals surface area contributed by atoms with E-state index in [1.165, 1.54) is 34.4 Å². The van der Waals surface area contributed by atoms with Gasteiger partial charge in [0.05, 0.1) is 80.9 Å². The zero-order valence-corrected chi connectivity index (χ0v) is 61.5. The Morgan fingerprint density at radius 2 is 1.54 bits per heavy atom. The molecule has 7 aliphatic rings. The number of thiazole rings is 2. The summed E-state index contributed by atoms with van der Waals surface area (Å²) in [6.07, 6.45) is 6.88. The second kappa shape index (κ2) is 27.3. The molecule has 102 heavy (non-hydrogen) atoms. The van der Waals surface area contributed by atoms with Crippen molar-refractivity contribution in [3.63, 3.8) is 0 Å². The third kappa shape index (κ3) is 14.4. The molecule has 3 aromatic carbocycles. The molecule has 4 saturated carbocycles. The van der Waals surface area contributed by atoms with E-state index in [1.807, 2.05) is 99.7 Å². The van der Waals surface area contributed by atoms with Crippen LogP contribution in [0.4, 0.5) is 16.6 Å². The van der Waals surface area contributed by atoms with E-state index in [-0.39, 0.29) is 81.3 Å². The highest BCUT2D eigenvalue weighted by atomic mass is 32.2. The van der Waals surface area contributed by atoms with Gasteiger partial charge >= 0.3 is 0 Å². The fourth-order valence-corrected chi connectivity index (χ4v) is 20.2. The fraction of sp³-hybridized carbons (Fsp3) is 0.480. The molecule has 0 spiro atoms. The van der Waals surface area contributed by atoms with Crippen LogP contribution in [0.5, 0.6) is 0 Å². The summed E-state index contributed by atoms with van der Waals surface area (Å²) in [4.78, 5) is 92.2. The van der Waals surface area contributed by atoms with Gasteiger partial charge < -0.3 is 40.3 Å². The summed E-state index contributed by atoms with van der Waals surface area (Å²) < 4.78 is 46.8. The van der Waals surface area contributed by atoms with Crippen LogP contribution in [0.1, 0.15) is 142 Å². The highest BCUT2D eigenvalue weighted by molar-refractivity contribution is 7.90. The molecule has 3 aliphatic heterocycles. The monoisotopic (exact) mass is 1440 g/mol. The van der Waals surface area contributed by atoms with Crippen LogP contribution in [0.15, 0.2) is 108 Å². The van der Waals surface area contributed by atoms with Crippen molar-refractivity contribution in [1.29, 1.82) is 0 Å². The number of ketones is 1. The summed E-state index contributed by atoms with van der Waals surface area (Å²) >= 11 is 3.01. The first-order valence-corrected chi connectivity index (χ1v) is 38.2. The first-order valence-electron chi connectivity index (χ1n) is 35.0. The molecule has 8 aromatic rings. The third-order valence-electron chi connectivity index (χ3n) is 21.6. The highest BCUT2D eigenvalue weighted by Crippen LogP contribution is 2.72. The topological polar surface area (TPSA) is 298 Å². The van der Waals surface area contributed by atoms with Crippen molar-refractivity contribution in [3.8, 4) is 21.6 Å². The quantitative estimate of drug-likeness (QED) is 0.0394. The van der Waals surface area contributed by atoms with Crippen molar-refractivity contribution in [1.82, 2.24) is 60.1 Å². The van der Waals surface area contributed by atoms with Gasteiger partial charge in [0.1, 0.15) is 29.2 Å². The Hall–Kier alpha value is -8.44. The summed E-state index contributed by atoms with van der Waals surface area (Å²) in [5, 5.41) is 34.4. The van der Waals surface area contributed by atoms with Gasteiger partial charge in [-0.1, -0.05) is 82.4 Å². The number of rotatable bonds is 22. The number of carbonyl (C=O) groups is 5. The number of anilines is 3. The van der Waals surface area contributed by atoms with E-state index >= 15 is 0 Å². The molecule has 8 heterocycles. The molecular weight excluding hydrogens is 1350 g/mol. The van der Waals surface area contributed by atoms with Crippen LogP contribution in [-0.2, 0) is 40.4 Å². The summed E-state index contributed by atoms with van der Waals surface area (Å²) in [6, 6.07) is 23.8. The number of nitrogens with one attached hydrogen (secondary N) is 4. The largest absolute Gasteiger partial charge is 0.391 e. The number of nitrogens with zero attached hydrogens (tertiary/aromatic N) is 10. The van der Waals surface area contributed by atoms with Crippen LogP contribution in [-0.4, -0.2) is 171 Å². The number of aliphatic hydroxyl groups is 1. The number of fused-ring (bicyclic) bond motifs is 1. The molecule has 7 fully saturated rings. The first kappa shape index (κ1) is 70.6. The fourth-order valence-electron chi connectivity index (χ4n) is 17.6. The lowest BCUT2D eigenvalue weighted by Crippen LogP contribution is -2.64. The normalized spacial score (nSPS) is 24.2. The summed E-state index contributed by atoms with van der Waals surface area (Å²) in [5.74, 6) is -3.14. The van der Waals surface area contributed by atoms with Gasteiger partial charge in [-0.3, -0.25) is 33.6 Å². The first-order chi connectivity index (χ1) is 48.5. The number of amides is 4. The van der Waals surface area contributed by atoms with E-state index in [9.17, 15) is 37.5 Å². The van der Waals surface area contributed by atoms with Crippen molar-refractivity contribution in [2.45, 2.75) is 149 Å². The van der Waals surface area contributed by atoms with E-state index in [4.69, 9.17) is 14.6 Å². The maximum atomic E-state index is 14.9. The second-order valence-electron chi connectivity index (χ2n) is 31.1. The molecule has 5 N–H and O–H groups in total. The second-order valence-corrected chi connectivity index (χ2v) is 34.7. The zero-order chi connectivity index (χ0) is 71.8. The molecule has 4 bridgehead atoms. The number of hydrogen-bond donors (Lipinski definition) is 5. The molecule has 4 aliphatic carbocycles. The maximum absolute atomic E-state index is 14.9. The van der Waals surface area contributed by atoms with E-state index in [0.29, 0.717) is 40.9 Å². The third-order valence-corrected chi connectivity index (χ3v) is 24.8. The standard InChI is InChI=1S/C75H88N14O10S3/c1-44-30-58(83-84-65(44)82-70-80-56-12-10-11-13-60(56)101-70)62(91)57-23-22-54(55-32-77-89(47(55)4)42-74-37-72(8)36-73(9,38-74)40-75(39-72,41-74)99-29-26-86-24-27-98-28-25-86)61(79-57)68(94)85-102(96,97)53-20-18-51(19-21-53)87-33-50(34-87)66(92)81-64(71(5,6)7)69(95)88-35-52(90)31-59(88)67(93)78-45(2)48-14-16-49(17-15-48)63-46(3)76-43-100-63/h10-23,30,32,43,45,50,52,59,64,90H,24-29,31,33-42H2,1-9H3,(H,78,93)(H,81,92)(H,85,94)(H,80,82,84)/t45-,52+,59-,64+,72-,73+,74?,75?/m0/s1. The maximum Gasteiger partial charge on any atom is 0.284 e. The number of aliphatic hydroxyl groups excluding tert-OH is 1. The zero-order valence-electron chi connectivity index (χ0n) is 59.0. The van der Waals surface area contributed by atoms with E-state index < -0.39 is 69.1 Å². The number of hydrogen-bond acceptors (Lipinski definition) is 21. The highest BCUT2D eigenvalue weighted by Gasteiger charge is 2.66. The number of carbonyl (C=O) groups excluding carboxylic acids is 5. The number of aryl methyl sites for hydroxylation is 2. The van der Waals surface area contributed by atoms with Crippen LogP contribution in [0.25, 0.3) is 31.8 Å². The number of para-hydroxylation sites is 1. The molecular formula is C75H88N14O10S3. The minimum Gasteiger partial charge on any atom is -0.391 e. The Morgan fingerprint density at radius 1 is 0.814 bits per heavy atom. The van der Waals surface area contributed by atoms with Crippen LogP contribution in [0.3, 0.4) is 0 Å². The molecule has 27 heteroatoms. The van der Waals surface area contributed by atoms with Crippen molar-refractivity contribution in [2.75, 3.05) is 69.3 Å². The van der Waals surface area contributed by atoms with Crippen LogP contribution in [0.2, 0.25) is 0 Å². The molecule has 0 radical (unpaired) electrons. The summed E-state index contributed by atoms with van der Waals surface area (Å²) in [6.45, 7) is 23.7. The van der Waals surface area contributed by atoms with Crippen molar-refractivity contribution in [3.05, 3.63) is 142 Å². The van der Waals surface area contributed by atoms with Crippen molar-refractivity contribution < 1.29 is 47.0 Å². The number of likely N-dealkylation sites (tertiary alicyclic amines) is 1. The van der Waals surface area contributed by atoms with Gasteiger partial charge in [-0.2, -0.15) is 5.10 Å². The van der Waals surface area contributed by atoms with Crippen LogP contribution in [0, 0.1) is 48.3 Å². The molecule has 3 saturated heterocycles. The van der Waals surface area contributed by atoms with Crippen LogP contribution < -0.4 is 25.6 Å². The number of sulfonamides is 1. The molecule has 24 nitrogen and oxygen atoms in total. The predicted octanol–water partition coefficient (Wildman–Crippen LogP) is 9.76. The number of benzene rings is 3. The lowest BCUT2D eigenvalue weighted by atomic mass is 9.39. The Balaban J connectivity index is 0.660. The molecule has 536 valence electrons. The molecule has 15 rings (SSSR count). The minimum absolute atomic E-state index is 0.0396. The average molecular weight is 1440 g/mol. The van der Waals surface area contributed by atoms with E-state index in [1.54, 1.807) is 54.2 Å². The van der Waals surface area contributed by atoms with E-state index in [2.05, 4.69) is 64.6 Å². The predicted molar refractivity (Wildman–Crippen MR) is 389 cm³/mol. The van der Waals surface area contributed by atoms with Gasteiger partial charge in [-0.05, 0) is 159 Å². The number of β-amino-alcohol motifs (C(OH)–C–C–N with tert-alkyl or cyclic N) is 1. The SMILES string of the molecule is Cc1cc(C(=O)c2ccc(-c3cnn(CC45CC6(OCCN7CCOCC7)C[C@](C)(C4)C[C@](C)(C5)C6)c3C)c(C(=O)NS(=O)(=O)c3ccc(N4CC(C(=O)N[C@H](C(=O)N5C[C@H](O)C[C@H]5C(=O)N[C@@H](C)c5ccc(-c6scnc6C)cc5)C(C)(C)C)C4)cc3)n2)nnc1Nc1nc2ccccc2s1. The molecule has 4 amide bonds. The van der Waals surface area contributed by atoms with Gasteiger partial charge in [0.25, 0.3) is 15.9 Å². The van der Waals surface area contributed by atoms with Gasteiger partial charge in [0, 0.05) is 74.7 Å². The number of ether oxygens (including phenoxy) is 2. The van der Waals surface area contributed by atoms with Gasteiger partial charge in [0.2, 0.25) is 23.5 Å². The molecule has 5 aromatic heterocycles.